The number of rotatable bonds is 0. The van der Waals surface area contributed by atoms with Crippen molar-refractivity contribution in [2.75, 3.05) is 0 Å². The third-order valence-electron chi connectivity index (χ3n) is 1.93. The van der Waals surface area contributed by atoms with Gasteiger partial charge in [0.05, 0.1) is 5.36 Å². The zero-order chi connectivity index (χ0) is 8.01. The summed E-state index contributed by atoms with van der Waals surface area (Å²) in [6, 6.07) is 4.17. The van der Waals surface area contributed by atoms with E-state index in [1.807, 2.05) is 6.92 Å². The Morgan fingerprint density at radius 3 is 2.55 bits per heavy atom. The van der Waals surface area contributed by atoms with Gasteiger partial charge in [0, 0.05) is 15.4 Å². The summed E-state index contributed by atoms with van der Waals surface area (Å²) in [7, 11) is 0. The number of hydrogen-bond acceptors (Lipinski definition) is 1. The van der Waals surface area contributed by atoms with Crippen LogP contribution in [-0.4, -0.2) is 0 Å². The Hall–Kier alpha value is -0.630. The molecule has 0 atom stereocenters. The Balaban J connectivity index is 2.90. The van der Waals surface area contributed by atoms with E-state index in [1.165, 1.54) is 10.8 Å². The zero-order valence-electron chi connectivity index (χ0n) is 6.48. The standard InChI is InChI=1S/C9H8BrN/c1-5-3-7(10)4-8-9(5)6(2)11-8/h3-4H,1-2H3. The van der Waals surface area contributed by atoms with Gasteiger partial charge in [-0.15, -0.1) is 0 Å². The first kappa shape index (κ1) is 7.04. The van der Waals surface area contributed by atoms with Gasteiger partial charge in [-0.3, -0.25) is 4.99 Å². The molecule has 1 nitrogen and oxygen atoms in total. The van der Waals surface area contributed by atoms with E-state index in [0.717, 1.165) is 15.5 Å². The second-order valence-corrected chi connectivity index (χ2v) is 3.73. The molecule has 0 saturated carbocycles. The van der Waals surface area contributed by atoms with Gasteiger partial charge < -0.3 is 0 Å². The SMILES string of the molecule is CC1=c2c(C)cc(Br)cc2=N1. The number of nitrogens with zero attached hydrogens (tertiary/aromatic N) is 1. The highest BCUT2D eigenvalue weighted by Crippen LogP contribution is 2.08. The van der Waals surface area contributed by atoms with Crippen molar-refractivity contribution >= 4 is 21.6 Å². The number of aryl methyl sites for hydroxylation is 1. The molecule has 1 aromatic rings. The zero-order valence-corrected chi connectivity index (χ0v) is 8.07. The molecule has 1 heterocycles. The average molecular weight is 210 g/mol. The van der Waals surface area contributed by atoms with E-state index in [1.54, 1.807) is 0 Å². The van der Waals surface area contributed by atoms with E-state index in [4.69, 9.17) is 0 Å². The lowest BCUT2D eigenvalue weighted by atomic mass is 10.1. The van der Waals surface area contributed by atoms with E-state index in [-0.39, 0.29) is 0 Å². The van der Waals surface area contributed by atoms with Crippen molar-refractivity contribution in [2.24, 2.45) is 4.99 Å². The van der Waals surface area contributed by atoms with Gasteiger partial charge in [0.25, 0.3) is 0 Å². The maximum atomic E-state index is 4.29. The summed E-state index contributed by atoms with van der Waals surface area (Å²) in [5.41, 5.74) is 2.46. The topological polar surface area (TPSA) is 12.4 Å². The van der Waals surface area contributed by atoms with Crippen LogP contribution in [0, 0.1) is 6.92 Å². The fraction of sp³-hybridized carbons (Fsp3) is 0.222. The summed E-state index contributed by atoms with van der Waals surface area (Å²) >= 11 is 3.43. The van der Waals surface area contributed by atoms with Gasteiger partial charge in [-0.1, -0.05) is 15.9 Å². The van der Waals surface area contributed by atoms with Crippen LogP contribution in [0.3, 0.4) is 0 Å². The minimum absolute atomic E-state index is 1.12. The summed E-state index contributed by atoms with van der Waals surface area (Å²) in [6.07, 6.45) is 0. The number of benzene rings is 1. The molecule has 2 rings (SSSR count). The van der Waals surface area contributed by atoms with Crippen LogP contribution in [0.5, 0.6) is 0 Å². The van der Waals surface area contributed by atoms with Gasteiger partial charge in [-0.05, 0) is 31.5 Å². The molecule has 0 aromatic heterocycles. The van der Waals surface area contributed by atoms with Crippen molar-refractivity contribution in [3.8, 4) is 0 Å². The van der Waals surface area contributed by atoms with Gasteiger partial charge in [0.15, 0.2) is 0 Å². The van der Waals surface area contributed by atoms with Gasteiger partial charge in [0.2, 0.25) is 0 Å². The molecule has 0 fully saturated rings. The fourth-order valence-corrected chi connectivity index (χ4v) is 2.03. The van der Waals surface area contributed by atoms with Crippen LogP contribution in [0.25, 0.3) is 5.70 Å². The Kier molecular flexibility index (Phi) is 1.39. The van der Waals surface area contributed by atoms with E-state index in [9.17, 15) is 0 Å². The molecule has 1 aliphatic heterocycles. The van der Waals surface area contributed by atoms with Crippen LogP contribution in [0.1, 0.15) is 12.5 Å². The molecular formula is C9H8BrN. The van der Waals surface area contributed by atoms with Crippen LogP contribution in [0.2, 0.25) is 0 Å². The molecule has 0 amide bonds. The molecule has 0 radical (unpaired) electrons. The minimum Gasteiger partial charge on any atom is -0.252 e. The Bertz CT molecular complexity index is 432. The first-order valence-electron chi connectivity index (χ1n) is 3.54. The predicted molar refractivity (Wildman–Crippen MR) is 48.7 cm³/mol. The van der Waals surface area contributed by atoms with Crippen LogP contribution in [0.15, 0.2) is 21.6 Å². The molecular weight excluding hydrogens is 202 g/mol. The van der Waals surface area contributed by atoms with Crippen molar-refractivity contribution < 1.29 is 0 Å². The molecule has 0 aliphatic carbocycles. The molecule has 56 valence electrons. The third kappa shape index (κ3) is 0.932. The highest BCUT2D eigenvalue weighted by atomic mass is 79.9. The lowest BCUT2D eigenvalue weighted by Gasteiger charge is -2.07. The van der Waals surface area contributed by atoms with Gasteiger partial charge in [-0.25, -0.2) is 0 Å². The van der Waals surface area contributed by atoms with E-state index >= 15 is 0 Å². The summed E-state index contributed by atoms with van der Waals surface area (Å²) < 4.78 is 1.12. The Morgan fingerprint density at radius 1 is 1.27 bits per heavy atom. The molecule has 1 aliphatic rings. The summed E-state index contributed by atoms with van der Waals surface area (Å²) in [5, 5.41) is 2.45. The molecule has 0 unspecified atom stereocenters. The molecule has 0 N–H and O–H groups in total. The first-order chi connectivity index (χ1) is 5.18. The van der Waals surface area contributed by atoms with Crippen LogP contribution in [0.4, 0.5) is 0 Å². The van der Waals surface area contributed by atoms with E-state index in [0.29, 0.717) is 0 Å². The second kappa shape index (κ2) is 2.18. The van der Waals surface area contributed by atoms with Crippen molar-refractivity contribution in [3.05, 3.63) is 32.7 Å². The Morgan fingerprint density at radius 2 is 2.00 bits per heavy atom. The second-order valence-electron chi connectivity index (χ2n) is 2.81. The minimum atomic E-state index is 1.12. The van der Waals surface area contributed by atoms with Crippen LogP contribution in [-0.2, 0) is 0 Å². The first-order valence-corrected chi connectivity index (χ1v) is 4.33. The molecule has 0 saturated heterocycles. The molecule has 11 heavy (non-hydrogen) atoms. The summed E-state index contributed by atoms with van der Waals surface area (Å²) in [4.78, 5) is 4.29. The highest BCUT2D eigenvalue weighted by molar-refractivity contribution is 9.10. The molecule has 2 heteroatoms. The molecule has 0 bridgehead atoms. The van der Waals surface area contributed by atoms with Gasteiger partial charge in [0.1, 0.15) is 0 Å². The average Bonchev–Trinajstić information content (AvgIpc) is 1.83. The lowest BCUT2D eigenvalue weighted by molar-refractivity contribution is 1.14. The smallest absolute Gasteiger partial charge is 0.0737 e. The van der Waals surface area contributed by atoms with Gasteiger partial charge >= 0.3 is 0 Å². The number of fused-ring (bicyclic) bond motifs is 1. The van der Waals surface area contributed by atoms with E-state index in [2.05, 4.69) is 40.0 Å². The third-order valence-corrected chi connectivity index (χ3v) is 2.39. The molecule has 0 spiro atoms. The monoisotopic (exact) mass is 209 g/mol. The lowest BCUT2D eigenvalue weighted by Crippen LogP contribution is -2.36. The highest BCUT2D eigenvalue weighted by Gasteiger charge is 2.05. The quantitative estimate of drug-likeness (QED) is 0.615. The maximum Gasteiger partial charge on any atom is 0.0737 e. The van der Waals surface area contributed by atoms with Crippen molar-refractivity contribution in [1.82, 2.24) is 0 Å². The largest absolute Gasteiger partial charge is 0.252 e. The Labute approximate surface area is 73.6 Å². The summed E-state index contributed by atoms with van der Waals surface area (Å²) in [6.45, 7) is 4.16. The van der Waals surface area contributed by atoms with Crippen molar-refractivity contribution in [2.45, 2.75) is 13.8 Å². The van der Waals surface area contributed by atoms with Crippen molar-refractivity contribution in [3.63, 3.8) is 0 Å². The number of hydrogen-bond donors (Lipinski definition) is 0. The number of halogens is 1. The van der Waals surface area contributed by atoms with Crippen LogP contribution < -0.4 is 10.6 Å². The van der Waals surface area contributed by atoms with Crippen LogP contribution >= 0.6 is 15.9 Å². The normalized spacial score (nSPS) is 13.5. The van der Waals surface area contributed by atoms with Gasteiger partial charge in [-0.2, -0.15) is 0 Å². The maximum absolute atomic E-state index is 4.29. The summed E-state index contributed by atoms with van der Waals surface area (Å²) in [5.74, 6) is 0. The van der Waals surface area contributed by atoms with Crippen molar-refractivity contribution in [1.29, 1.82) is 0 Å². The van der Waals surface area contributed by atoms with E-state index < -0.39 is 0 Å². The molecule has 1 aromatic carbocycles. The fourth-order valence-electron chi connectivity index (χ4n) is 1.47. The predicted octanol–water partition coefficient (Wildman–Crippen LogP) is 1.52.